The van der Waals surface area contributed by atoms with E-state index in [4.69, 9.17) is 0 Å². The second-order valence-corrected chi connectivity index (χ2v) is 7.51. The third-order valence-electron chi connectivity index (χ3n) is 5.75. The molecular formula is C23H26N2O2. The molecule has 27 heavy (non-hydrogen) atoms. The molecule has 2 aliphatic heterocycles. The molecule has 0 radical (unpaired) electrons. The summed E-state index contributed by atoms with van der Waals surface area (Å²) >= 11 is 0. The van der Waals surface area contributed by atoms with E-state index >= 15 is 0 Å². The van der Waals surface area contributed by atoms with Crippen molar-refractivity contribution in [3.8, 4) is 0 Å². The lowest BCUT2D eigenvalue weighted by Gasteiger charge is -2.30. The number of hydrogen-bond donors (Lipinski definition) is 0. The highest BCUT2D eigenvalue weighted by molar-refractivity contribution is 5.96. The number of ketones is 1. The van der Waals surface area contributed by atoms with Gasteiger partial charge in [-0.15, -0.1) is 0 Å². The van der Waals surface area contributed by atoms with Gasteiger partial charge in [0.15, 0.2) is 5.78 Å². The van der Waals surface area contributed by atoms with E-state index in [1.807, 2.05) is 53.4 Å². The van der Waals surface area contributed by atoms with Gasteiger partial charge in [-0.05, 0) is 24.8 Å². The van der Waals surface area contributed by atoms with Gasteiger partial charge in [-0.2, -0.15) is 0 Å². The summed E-state index contributed by atoms with van der Waals surface area (Å²) in [4.78, 5) is 29.7. The van der Waals surface area contributed by atoms with Crippen molar-refractivity contribution in [2.75, 3.05) is 13.1 Å². The van der Waals surface area contributed by atoms with Crippen LogP contribution in [0.15, 0.2) is 60.7 Å². The second-order valence-electron chi connectivity index (χ2n) is 7.51. The Balaban J connectivity index is 1.39. The quantitative estimate of drug-likeness (QED) is 0.728. The van der Waals surface area contributed by atoms with Crippen molar-refractivity contribution in [2.24, 2.45) is 0 Å². The number of Topliss-reactive ketones (excluding diaryl/α,β-unsaturated/α-hetero) is 1. The van der Waals surface area contributed by atoms with Crippen molar-refractivity contribution < 1.29 is 9.59 Å². The summed E-state index contributed by atoms with van der Waals surface area (Å²) in [5.41, 5.74) is 1.92. The van der Waals surface area contributed by atoms with Gasteiger partial charge in [-0.25, -0.2) is 0 Å². The summed E-state index contributed by atoms with van der Waals surface area (Å²) in [5, 5.41) is 0. The molecule has 0 spiro atoms. The van der Waals surface area contributed by atoms with Gasteiger partial charge in [0, 0.05) is 37.5 Å². The molecule has 1 amide bonds. The maximum atomic E-state index is 13.0. The number of fused-ring (bicyclic) bond motifs is 1. The summed E-state index contributed by atoms with van der Waals surface area (Å²) in [6, 6.07) is 20.1. The first-order valence-corrected chi connectivity index (χ1v) is 9.92. The van der Waals surface area contributed by atoms with Crippen molar-refractivity contribution in [1.29, 1.82) is 0 Å². The highest BCUT2D eigenvalue weighted by Gasteiger charge is 2.44. The van der Waals surface area contributed by atoms with Crippen LogP contribution in [-0.4, -0.2) is 40.6 Å². The first-order valence-electron chi connectivity index (χ1n) is 9.92. The molecular weight excluding hydrogens is 336 g/mol. The molecule has 2 aromatic rings. The molecule has 2 aliphatic rings. The lowest BCUT2D eigenvalue weighted by molar-refractivity contribution is -0.133. The maximum Gasteiger partial charge on any atom is 0.224 e. The summed E-state index contributed by atoms with van der Waals surface area (Å²) in [7, 11) is 0. The average Bonchev–Trinajstić information content (AvgIpc) is 3.30. The molecule has 4 heteroatoms. The summed E-state index contributed by atoms with van der Waals surface area (Å²) in [6.45, 7) is 1.87. The van der Waals surface area contributed by atoms with Crippen LogP contribution in [0.2, 0.25) is 0 Å². The molecule has 0 N–H and O–H groups in total. The third kappa shape index (κ3) is 3.81. The van der Waals surface area contributed by atoms with Gasteiger partial charge in [0.25, 0.3) is 0 Å². The molecule has 0 bridgehead atoms. The highest BCUT2D eigenvalue weighted by Crippen LogP contribution is 2.39. The molecule has 0 saturated carbocycles. The molecule has 2 saturated heterocycles. The lowest BCUT2D eigenvalue weighted by Crippen LogP contribution is -2.35. The Morgan fingerprint density at radius 3 is 2.37 bits per heavy atom. The van der Waals surface area contributed by atoms with Gasteiger partial charge in [0.05, 0.1) is 0 Å². The molecule has 2 aromatic carbocycles. The fraction of sp³-hybridized carbons (Fsp3) is 0.391. The minimum atomic E-state index is 0.0519. The number of amides is 1. The standard InChI is InChI=1S/C23H26N2O2/c26-21(18-9-3-1-4-10-18)14-7-15-22(27)25-17-20-13-8-16-24(20)23(25)19-11-5-2-6-12-19/h1-6,9-12,20,23H,7-8,13-17H2. The first kappa shape index (κ1) is 17.9. The van der Waals surface area contributed by atoms with Gasteiger partial charge in [0.1, 0.15) is 6.17 Å². The van der Waals surface area contributed by atoms with Crippen LogP contribution in [0.5, 0.6) is 0 Å². The van der Waals surface area contributed by atoms with Gasteiger partial charge in [-0.1, -0.05) is 60.7 Å². The second kappa shape index (κ2) is 8.05. The molecule has 0 aliphatic carbocycles. The number of benzene rings is 2. The molecule has 2 heterocycles. The molecule has 4 rings (SSSR count). The van der Waals surface area contributed by atoms with Gasteiger partial charge >= 0.3 is 0 Å². The normalized spacial score (nSPS) is 22.0. The van der Waals surface area contributed by atoms with Crippen LogP contribution in [0.4, 0.5) is 0 Å². The van der Waals surface area contributed by atoms with E-state index in [-0.39, 0.29) is 17.9 Å². The van der Waals surface area contributed by atoms with E-state index in [1.165, 1.54) is 18.4 Å². The van der Waals surface area contributed by atoms with E-state index in [0.29, 0.717) is 25.3 Å². The number of carbonyl (C=O) groups is 2. The Kier molecular flexibility index (Phi) is 5.35. The molecule has 140 valence electrons. The molecule has 2 atom stereocenters. The summed E-state index contributed by atoms with van der Waals surface area (Å²) in [5.74, 6) is 0.282. The van der Waals surface area contributed by atoms with Crippen LogP contribution in [0.1, 0.15) is 54.2 Å². The van der Waals surface area contributed by atoms with Gasteiger partial charge < -0.3 is 4.90 Å². The largest absolute Gasteiger partial charge is 0.321 e. The van der Waals surface area contributed by atoms with E-state index in [2.05, 4.69) is 17.0 Å². The van der Waals surface area contributed by atoms with Crippen LogP contribution in [0.3, 0.4) is 0 Å². The fourth-order valence-electron chi connectivity index (χ4n) is 4.43. The topological polar surface area (TPSA) is 40.6 Å². The van der Waals surface area contributed by atoms with Crippen LogP contribution in [0, 0.1) is 0 Å². The number of carbonyl (C=O) groups excluding carboxylic acids is 2. The van der Waals surface area contributed by atoms with Crippen molar-refractivity contribution in [3.05, 3.63) is 71.8 Å². The van der Waals surface area contributed by atoms with E-state index < -0.39 is 0 Å². The monoisotopic (exact) mass is 362 g/mol. The van der Waals surface area contributed by atoms with Crippen LogP contribution < -0.4 is 0 Å². The average molecular weight is 362 g/mol. The number of nitrogens with zero attached hydrogens (tertiary/aromatic N) is 2. The van der Waals surface area contributed by atoms with E-state index in [1.54, 1.807) is 0 Å². The minimum absolute atomic E-state index is 0.0519. The number of rotatable bonds is 6. The molecule has 2 unspecified atom stereocenters. The first-order chi connectivity index (χ1) is 13.2. The van der Waals surface area contributed by atoms with Crippen molar-refractivity contribution in [1.82, 2.24) is 9.80 Å². The fourth-order valence-corrected chi connectivity index (χ4v) is 4.43. The predicted molar refractivity (Wildman–Crippen MR) is 105 cm³/mol. The Labute approximate surface area is 160 Å². The summed E-state index contributed by atoms with van der Waals surface area (Å²) in [6.07, 6.45) is 3.89. The van der Waals surface area contributed by atoms with E-state index in [9.17, 15) is 9.59 Å². The Hall–Kier alpha value is -2.46. The van der Waals surface area contributed by atoms with Crippen LogP contribution in [-0.2, 0) is 4.79 Å². The zero-order valence-electron chi connectivity index (χ0n) is 15.6. The predicted octanol–water partition coefficient (Wildman–Crippen LogP) is 4.05. The molecule has 0 aromatic heterocycles. The zero-order chi connectivity index (χ0) is 18.6. The third-order valence-corrected chi connectivity index (χ3v) is 5.75. The Bertz CT molecular complexity index is 791. The maximum absolute atomic E-state index is 13.0. The highest BCUT2D eigenvalue weighted by atomic mass is 16.2. The lowest BCUT2D eigenvalue weighted by atomic mass is 10.0. The van der Waals surface area contributed by atoms with Crippen molar-refractivity contribution >= 4 is 11.7 Å². The van der Waals surface area contributed by atoms with Gasteiger partial charge in [0.2, 0.25) is 5.91 Å². The molecule has 2 fully saturated rings. The van der Waals surface area contributed by atoms with E-state index in [0.717, 1.165) is 18.7 Å². The zero-order valence-corrected chi connectivity index (χ0v) is 15.6. The van der Waals surface area contributed by atoms with Crippen molar-refractivity contribution in [2.45, 2.75) is 44.3 Å². The SMILES string of the molecule is O=C(CCCC(=O)N1CC2CCCN2C1c1ccccc1)c1ccccc1. The van der Waals surface area contributed by atoms with Crippen LogP contribution >= 0.6 is 0 Å². The smallest absolute Gasteiger partial charge is 0.224 e. The van der Waals surface area contributed by atoms with Crippen molar-refractivity contribution in [3.63, 3.8) is 0 Å². The van der Waals surface area contributed by atoms with Gasteiger partial charge in [-0.3, -0.25) is 14.5 Å². The Morgan fingerprint density at radius 1 is 0.926 bits per heavy atom. The Morgan fingerprint density at radius 2 is 1.63 bits per heavy atom. The minimum Gasteiger partial charge on any atom is -0.321 e. The molecule has 4 nitrogen and oxygen atoms in total. The summed E-state index contributed by atoms with van der Waals surface area (Å²) < 4.78 is 0. The van der Waals surface area contributed by atoms with Crippen LogP contribution in [0.25, 0.3) is 0 Å². The number of hydrogen-bond acceptors (Lipinski definition) is 3.